The Morgan fingerprint density at radius 1 is 0.902 bits per heavy atom. The number of nitrogens with one attached hydrogen (secondary N) is 2. The Morgan fingerprint density at radius 3 is 2.15 bits per heavy atom. The molecule has 218 valence electrons. The van der Waals surface area contributed by atoms with Crippen LogP contribution in [0.2, 0.25) is 0 Å². The maximum absolute atomic E-state index is 13.0. The molecule has 3 rings (SSSR count). The lowest BCUT2D eigenvalue weighted by molar-refractivity contribution is -0.143. The number of benzene rings is 3. The van der Waals surface area contributed by atoms with E-state index in [1.54, 1.807) is 37.3 Å². The zero-order chi connectivity index (χ0) is 29.7. The smallest absolute Gasteiger partial charge is 0.344 e. The summed E-state index contributed by atoms with van der Waals surface area (Å²) < 4.78 is 27.9. The van der Waals surface area contributed by atoms with Crippen molar-refractivity contribution < 1.29 is 37.8 Å². The summed E-state index contributed by atoms with van der Waals surface area (Å²) in [6.45, 7) is 3.30. The number of amides is 1. The molecule has 0 aromatic heterocycles. The van der Waals surface area contributed by atoms with Crippen LogP contribution in [0.1, 0.15) is 36.2 Å². The summed E-state index contributed by atoms with van der Waals surface area (Å²) in [6, 6.07) is 24.7. The zero-order valence-electron chi connectivity index (χ0n) is 23.0. The van der Waals surface area contributed by atoms with Gasteiger partial charge in [-0.25, -0.2) is 4.79 Å². The summed E-state index contributed by atoms with van der Waals surface area (Å²) in [4.78, 5) is 47.3. The molecule has 0 saturated carbocycles. The molecule has 0 aliphatic heterocycles. The summed E-state index contributed by atoms with van der Waals surface area (Å²) in [5.74, 6) is -1.62. The molecule has 0 spiro atoms. The molecule has 0 aliphatic rings. The van der Waals surface area contributed by atoms with Crippen molar-refractivity contribution in [2.45, 2.75) is 39.0 Å². The van der Waals surface area contributed by atoms with Crippen LogP contribution in [-0.2, 0) is 34.6 Å². The van der Waals surface area contributed by atoms with E-state index in [1.807, 2.05) is 54.6 Å². The van der Waals surface area contributed by atoms with Gasteiger partial charge in [0.2, 0.25) is 12.2 Å². The molecular weight excluding hydrogens is 547 g/mol. The van der Waals surface area contributed by atoms with Crippen LogP contribution in [0.4, 0.5) is 0 Å². The Labute approximate surface area is 239 Å². The lowest BCUT2D eigenvalue weighted by Crippen LogP contribution is -2.46. The minimum absolute atomic E-state index is 0.00995. The molecule has 0 aliphatic carbocycles. The van der Waals surface area contributed by atoms with Crippen LogP contribution in [0.25, 0.3) is 11.1 Å². The van der Waals surface area contributed by atoms with Gasteiger partial charge in [0.15, 0.2) is 0 Å². The number of carbonyl (C=O) groups is 3. The molecule has 0 saturated heterocycles. The fourth-order valence-electron chi connectivity index (χ4n) is 3.91. The fraction of sp³-hybridized carbons (Fsp3) is 0.300. The topological polar surface area (TPSA) is 140 Å². The number of carbonyl (C=O) groups excluding carboxylic acids is 3. The van der Waals surface area contributed by atoms with Gasteiger partial charge >= 0.3 is 19.5 Å². The van der Waals surface area contributed by atoms with Gasteiger partial charge in [0.25, 0.3) is 0 Å². The molecule has 3 aromatic carbocycles. The molecule has 3 atom stereocenters. The molecule has 11 heteroatoms. The van der Waals surface area contributed by atoms with Gasteiger partial charge in [0.05, 0.1) is 30.9 Å². The average Bonchev–Trinajstić information content (AvgIpc) is 2.96. The van der Waals surface area contributed by atoms with Gasteiger partial charge in [0, 0.05) is 6.54 Å². The zero-order valence-corrected chi connectivity index (χ0v) is 23.9. The molecule has 1 amide bonds. The van der Waals surface area contributed by atoms with E-state index in [4.69, 9.17) is 14.0 Å². The second-order valence-corrected chi connectivity index (χ2v) is 10.9. The van der Waals surface area contributed by atoms with Gasteiger partial charge in [-0.3, -0.25) is 24.0 Å². The minimum Gasteiger partial charge on any atom is -0.466 e. The van der Waals surface area contributed by atoms with Crippen molar-refractivity contribution in [2.75, 3.05) is 19.4 Å². The largest absolute Gasteiger partial charge is 0.466 e. The first-order chi connectivity index (χ1) is 19.7. The van der Waals surface area contributed by atoms with Crippen LogP contribution in [0, 0.1) is 0 Å². The van der Waals surface area contributed by atoms with Gasteiger partial charge in [-0.05, 0) is 49.1 Å². The van der Waals surface area contributed by atoms with Gasteiger partial charge in [0.1, 0.15) is 0 Å². The Morgan fingerprint density at radius 2 is 1.51 bits per heavy atom. The maximum Gasteiger partial charge on any atom is 0.344 e. The molecule has 41 heavy (non-hydrogen) atoms. The lowest BCUT2D eigenvalue weighted by Gasteiger charge is -2.22. The number of hydrogen-bond donors (Lipinski definition) is 3. The molecular formula is C30H35N2O8P. The van der Waals surface area contributed by atoms with E-state index >= 15 is 0 Å². The van der Waals surface area contributed by atoms with E-state index in [-0.39, 0.29) is 31.6 Å². The third kappa shape index (κ3) is 10.9. The van der Waals surface area contributed by atoms with Crippen LogP contribution < -0.4 is 10.6 Å². The van der Waals surface area contributed by atoms with Crippen molar-refractivity contribution in [3.05, 3.63) is 96.1 Å². The third-order valence-electron chi connectivity index (χ3n) is 5.88. The predicted octanol–water partition coefficient (Wildman–Crippen LogP) is 4.29. The maximum atomic E-state index is 13.0. The Kier molecular flexibility index (Phi) is 12.2. The monoisotopic (exact) mass is 582 g/mol. The fourth-order valence-corrected chi connectivity index (χ4v) is 4.94. The first kappa shape index (κ1) is 31.7. The summed E-state index contributed by atoms with van der Waals surface area (Å²) in [7, 11) is -4.34. The second kappa shape index (κ2) is 15.8. The van der Waals surface area contributed by atoms with Crippen molar-refractivity contribution in [1.82, 2.24) is 10.6 Å². The average molecular weight is 583 g/mol. The van der Waals surface area contributed by atoms with Crippen molar-refractivity contribution in [1.29, 1.82) is 0 Å². The third-order valence-corrected chi connectivity index (χ3v) is 7.09. The molecule has 0 heterocycles. The molecule has 0 bridgehead atoms. The summed E-state index contributed by atoms with van der Waals surface area (Å²) in [5.41, 5.74) is 3.13. The Bertz CT molecular complexity index is 1320. The summed E-state index contributed by atoms with van der Waals surface area (Å²) in [5, 5.41) is 5.47. The first-order valence-electron chi connectivity index (χ1n) is 13.2. The highest BCUT2D eigenvalue weighted by Gasteiger charge is 2.28. The van der Waals surface area contributed by atoms with Crippen LogP contribution in [0.3, 0.4) is 0 Å². The lowest BCUT2D eigenvalue weighted by atomic mass is 10.0. The Balaban J connectivity index is 1.63. The second-order valence-electron chi connectivity index (χ2n) is 9.11. The number of esters is 2. The van der Waals surface area contributed by atoms with Crippen LogP contribution in [-0.4, -0.2) is 54.5 Å². The van der Waals surface area contributed by atoms with Gasteiger partial charge in [-0.1, -0.05) is 72.8 Å². The SMILES string of the molecule is CCOC(=O)CCNC(=O)C(Cc1ccc(-c2ccccc2)cc1)NCP(=O)(O)OC(C)OC(=O)c1ccccc1. The molecule has 0 radical (unpaired) electrons. The van der Waals surface area contributed by atoms with Crippen LogP contribution in [0.15, 0.2) is 84.9 Å². The van der Waals surface area contributed by atoms with Crippen LogP contribution >= 0.6 is 7.60 Å². The van der Waals surface area contributed by atoms with E-state index in [1.165, 1.54) is 6.92 Å². The number of ether oxygens (including phenoxy) is 2. The molecule has 3 N–H and O–H groups in total. The molecule has 3 aromatic rings. The predicted molar refractivity (Wildman–Crippen MR) is 154 cm³/mol. The van der Waals surface area contributed by atoms with E-state index in [9.17, 15) is 23.8 Å². The van der Waals surface area contributed by atoms with E-state index < -0.39 is 44.1 Å². The van der Waals surface area contributed by atoms with Crippen molar-refractivity contribution in [3.63, 3.8) is 0 Å². The van der Waals surface area contributed by atoms with Gasteiger partial charge < -0.3 is 19.7 Å². The highest BCUT2D eigenvalue weighted by Crippen LogP contribution is 2.42. The van der Waals surface area contributed by atoms with E-state index in [2.05, 4.69) is 10.6 Å². The highest BCUT2D eigenvalue weighted by molar-refractivity contribution is 7.52. The van der Waals surface area contributed by atoms with Gasteiger partial charge in [-0.15, -0.1) is 0 Å². The Hall–Kier alpha value is -3.82. The normalized spacial score (nSPS) is 13.8. The quantitative estimate of drug-likeness (QED) is 0.136. The number of hydrogen-bond acceptors (Lipinski definition) is 8. The van der Waals surface area contributed by atoms with Crippen molar-refractivity contribution in [3.8, 4) is 11.1 Å². The minimum atomic E-state index is -4.34. The van der Waals surface area contributed by atoms with E-state index in [0.717, 1.165) is 16.7 Å². The standard InChI is InChI=1S/C30H35N2O8P/c1-3-38-28(33)18-19-31-29(34)27(20-23-14-16-25(17-15-23)24-10-6-4-7-11-24)32-21-41(36,37)40-22(2)39-30(35)26-12-8-5-9-13-26/h4-17,22,27,32H,3,18-21H2,1-2H3,(H,31,34)(H,36,37). The van der Waals surface area contributed by atoms with Crippen LogP contribution in [0.5, 0.6) is 0 Å². The van der Waals surface area contributed by atoms with Gasteiger partial charge in [-0.2, -0.15) is 0 Å². The first-order valence-corrected chi connectivity index (χ1v) is 15.0. The number of rotatable bonds is 15. The summed E-state index contributed by atoms with van der Waals surface area (Å²) in [6.07, 6.45) is -1.72. The molecule has 10 nitrogen and oxygen atoms in total. The molecule has 0 fully saturated rings. The highest BCUT2D eigenvalue weighted by atomic mass is 31.2. The van der Waals surface area contributed by atoms with Crippen molar-refractivity contribution >= 4 is 25.4 Å². The molecule has 3 unspecified atom stereocenters. The van der Waals surface area contributed by atoms with E-state index in [0.29, 0.717) is 0 Å². The van der Waals surface area contributed by atoms with Crippen molar-refractivity contribution in [2.24, 2.45) is 0 Å². The summed E-state index contributed by atoms with van der Waals surface area (Å²) >= 11 is 0.